The van der Waals surface area contributed by atoms with Crippen LogP contribution in [0.5, 0.6) is 11.5 Å². The van der Waals surface area contributed by atoms with E-state index in [0.29, 0.717) is 18.1 Å². The molecule has 3 heteroatoms. The number of benzene rings is 2. The molecule has 0 heterocycles. The Morgan fingerprint density at radius 2 is 1.86 bits per heavy atom. The van der Waals surface area contributed by atoms with E-state index in [0.717, 1.165) is 22.3 Å². The summed E-state index contributed by atoms with van der Waals surface area (Å²) in [5.41, 5.74) is 3.97. The maximum atomic E-state index is 10.3. The number of aliphatic hydroxyl groups is 1. The van der Waals surface area contributed by atoms with Crippen LogP contribution in [0.15, 0.2) is 48.5 Å². The van der Waals surface area contributed by atoms with Gasteiger partial charge in [-0.1, -0.05) is 30.3 Å². The van der Waals surface area contributed by atoms with Crippen LogP contribution in [0, 0.1) is 0 Å². The normalized spacial score (nSPS) is 16.3. The zero-order valence-electron chi connectivity index (χ0n) is 12.2. The highest BCUT2D eigenvalue weighted by molar-refractivity contribution is 5.86. The second kappa shape index (κ2) is 5.62. The molecule has 0 bridgehead atoms. The van der Waals surface area contributed by atoms with E-state index in [-0.39, 0.29) is 0 Å². The predicted octanol–water partition coefficient (Wildman–Crippen LogP) is 3.57. The summed E-state index contributed by atoms with van der Waals surface area (Å²) in [6, 6.07) is 13.9. The molecule has 1 aliphatic rings. The number of aliphatic hydroxyl groups excluding tert-OH is 1. The van der Waals surface area contributed by atoms with Crippen molar-refractivity contribution < 1.29 is 14.6 Å². The molecule has 1 N–H and O–H groups in total. The van der Waals surface area contributed by atoms with E-state index in [4.69, 9.17) is 9.47 Å². The van der Waals surface area contributed by atoms with Crippen molar-refractivity contribution in [3.8, 4) is 11.5 Å². The summed E-state index contributed by atoms with van der Waals surface area (Å²) in [7, 11) is 1.63. The fourth-order valence-electron chi connectivity index (χ4n) is 2.69. The first kappa shape index (κ1) is 13.7. The van der Waals surface area contributed by atoms with Crippen molar-refractivity contribution in [3.05, 3.63) is 65.2 Å². The molecular formula is C18H18O3. The quantitative estimate of drug-likeness (QED) is 0.931. The summed E-state index contributed by atoms with van der Waals surface area (Å²) >= 11 is 0. The van der Waals surface area contributed by atoms with Crippen LogP contribution >= 0.6 is 0 Å². The van der Waals surface area contributed by atoms with Gasteiger partial charge in [0.05, 0.1) is 19.8 Å². The van der Waals surface area contributed by atoms with Gasteiger partial charge in [-0.15, -0.1) is 0 Å². The second-order valence-electron chi connectivity index (χ2n) is 4.91. The Kier molecular flexibility index (Phi) is 3.67. The maximum Gasteiger partial charge on any atom is 0.161 e. The highest BCUT2D eigenvalue weighted by atomic mass is 16.5. The topological polar surface area (TPSA) is 38.7 Å². The first-order chi connectivity index (χ1) is 10.2. The number of hydrogen-bond acceptors (Lipinski definition) is 3. The average Bonchev–Trinajstić information content (AvgIpc) is 2.84. The van der Waals surface area contributed by atoms with Crippen molar-refractivity contribution >= 4 is 5.57 Å². The van der Waals surface area contributed by atoms with Gasteiger partial charge in [0.15, 0.2) is 11.5 Å². The lowest BCUT2D eigenvalue weighted by Gasteiger charge is -2.14. The number of ether oxygens (including phenoxy) is 2. The molecule has 2 aromatic carbocycles. The van der Waals surface area contributed by atoms with Crippen LogP contribution in [0.25, 0.3) is 5.57 Å². The van der Waals surface area contributed by atoms with E-state index >= 15 is 0 Å². The van der Waals surface area contributed by atoms with Crippen LogP contribution in [-0.2, 0) is 0 Å². The van der Waals surface area contributed by atoms with Gasteiger partial charge >= 0.3 is 0 Å². The summed E-state index contributed by atoms with van der Waals surface area (Å²) in [6.07, 6.45) is 1.26. The van der Waals surface area contributed by atoms with Gasteiger partial charge in [-0.2, -0.15) is 0 Å². The molecule has 0 saturated heterocycles. The maximum absolute atomic E-state index is 10.3. The van der Waals surface area contributed by atoms with E-state index < -0.39 is 6.10 Å². The zero-order valence-corrected chi connectivity index (χ0v) is 12.2. The molecule has 1 unspecified atom stereocenters. The SMILES string of the molecule is CCOc1cc2c(cc1OC)C(c1ccccc1)=CC2O. The molecule has 3 nitrogen and oxygen atoms in total. The van der Waals surface area contributed by atoms with Gasteiger partial charge in [0.1, 0.15) is 0 Å². The van der Waals surface area contributed by atoms with E-state index in [9.17, 15) is 5.11 Å². The zero-order chi connectivity index (χ0) is 14.8. The molecule has 21 heavy (non-hydrogen) atoms. The van der Waals surface area contributed by atoms with Gasteiger partial charge in [0, 0.05) is 0 Å². The van der Waals surface area contributed by atoms with Crippen molar-refractivity contribution in [1.29, 1.82) is 0 Å². The molecule has 1 atom stereocenters. The van der Waals surface area contributed by atoms with Gasteiger partial charge in [0.2, 0.25) is 0 Å². The molecule has 1 aliphatic carbocycles. The Labute approximate surface area is 124 Å². The molecule has 0 saturated carbocycles. The van der Waals surface area contributed by atoms with Crippen LogP contribution in [-0.4, -0.2) is 18.8 Å². The molecular weight excluding hydrogens is 264 g/mol. The molecule has 3 rings (SSSR count). The minimum absolute atomic E-state index is 0.560. The molecule has 108 valence electrons. The number of rotatable bonds is 4. The van der Waals surface area contributed by atoms with Crippen molar-refractivity contribution in [1.82, 2.24) is 0 Å². The fourth-order valence-corrected chi connectivity index (χ4v) is 2.69. The third-order valence-electron chi connectivity index (χ3n) is 3.65. The van der Waals surface area contributed by atoms with Crippen molar-refractivity contribution in [2.24, 2.45) is 0 Å². The summed E-state index contributed by atoms with van der Waals surface area (Å²) in [6.45, 7) is 2.49. The Bertz CT molecular complexity index is 674. The molecule has 0 radical (unpaired) electrons. The number of fused-ring (bicyclic) bond motifs is 1. The lowest BCUT2D eigenvalue weighted by atomic mass is 9.98. The minimum atomic E-state index is -0.611. The highest BCUT2D eigenvalue weighted by Gasteiger charge is 2.25. The van der Waals surface area contributed by atoms with Crippen LogP contribution in [0.1, 0.15) is 29.7 Å². The number of hydrogen-bond donors (Lipinski definition) is 1. The Hall–Kier alpha value is -2.26. The van der Waals surface area contributed by atoms with Gasteiger partial charge < -0.3 is 14.6 Å². The Morgan fingerprint density at radius 1 is 1.10 bits per heavy atom. The van der Waals surface area contributed by atoms with Crippen molar-refractivity contribution in [3.63, 3.8) is 0 Å². The minimum Gasteiger partial charge on any atom is -0.493 e. The average molecular weight is 282 g/mol. The van der Waals surface area contributed by atoms with E-state index in [2.05, 4.69) is 0 Å². The summed E-state index contributed by atoms with van der Waals surface area (Å²) < 4.78 is 11.0. The fraction of sp³-hybridized carbons (Fsp3) is 0.222. The largest absolute Gasteiger partial charge is 0.493 e. The van der Waals surface area contributed by atoms with Crippen molar-refractivity contribution in [2.75, 3.05) is 13.7 Å². The van der Waals surface area contributed by atoms with Gasteiger partial charge in [-0.25, -0.2) is 0 Å². The van der Waals surface area contributed by atoms with Crippen molar-refractivity contribution in [2.45, 2.75) is 13.0 Å². The Balaban J connectivity index is 2.11. The van der Waals surface area contributed by atoms with Crippen LogP contribution < -0.4 is 9.47 Å². The van der Waals surface area contributed by atoms with Crippen LogP contribution in [0.3, 0.4) is 0 Å². The molecule has 0 aromatic heterocycles. The van der Waals surface area contributed by atoms with E-state index in [1.807, 2.05) is 55.5 Å². The lowest BCUT2D eigenvalue weighted by molar-refractivity contribution is 0.230. The molecule has 0 aliphatic heterocycles. The summed E-state index contributed by atoms with van der Waals surface area (Å²) in [4.78, 5) is 0. The van der Waals surface area contributed by atoms with Gasteiger partial charge in [-0.05, 0) is 47.4 Å². The smallest absolute Gasteiger partial charge is 0.161 e. The first-order valence-electron chi connectivity index (χ1n) is 7.05. The van der Waals surface area contributed by atoms with E-state index in [1.54, 1.807) is 7.11 Å². The third-order valence-corrected chi connectivity index (χ3v) is 3.65. The first-order valence-corrected chi connectivity index (χ1v) is 7.05. The van der Waals surface area contributed by atoms with Gasteiger partial charge in [0.25, 0.3) is 0 Å². The van der Waals surface area contributed by atoms with E-state index in [1.165, 1.54) is 0 Å². The lowest BCUT2D eigenvalue weighted by Crippen LogP contribution is -1.99. The summed E-state index contributed by atoms with van der Waals surface area (Å²) in [5.74, 6) is 1.35. The second-order valence-corrected chi connectivity index (χ2v) is 4.91. The number of methoxy groups -OCH3 is 1. The van der Waals surface area contributed by atoms with Crippen LogP contribution in [0.2, 0.25) is 0 Å². The molecule has 0 fully saturated rings. The van der Waals surface area contributed by atoms with Gasteiger partial charge in [-0.3, -0.25) is 0 Å². The molecule has 0 amide bonds. The predicted molar refractivity (Wildman–Crippen MR) is 82.6 cm³/mol. The monoisotopic (exact) mass is 282 g/mol. The third kappa shape index (κ3) is 2.41. The molecule has 2 aromatic rings. The Morgan fingerprint density at radius 3 is 2.52 bits per heavy atom. The summed E-state index contributed by atoms with van der Waals surface area (Å²) in [5, 5.41) is 10.3. The highest BCUT2D eigenvalue weighted by Crippen LogP contribution is 2.43. The molecule has 0 spiro atoms. The van der Waals surface area contributed by atoms with Crippen LogP contribution in [0.4, 0.5) is 0 Å². The standard InChI is InChI=1S/C18H18O3/c1-3-21-18-11-15-14(10-17(18)20-2)13(9-16(15)19)12-7-5-4-6-8-12/h4-11,16,19H,3H2,1-2H3.